The Morgan fingerprint density at radius 2 is 1.89 bits per heavy atom. The zero-order valence-electron chi connectivity index (χ0n) is 11.4. The van der Waals surface area contributed by atoms with E-state index in [1.807, 2.05) is 7.05 Å². The van der Waals surface area contributed by atoms with Gasteiger partial charge in [-0.05, 0) is 50.1 Å². The van der Waals surface area contributed by atoms with E-state index in [4.69, 9.17) is 0 Å². The van der Waals surface area contributed by atoms with Gasteiger partial charge >= 0.3 is 0 Å². The van der Waals surface area contributed by atoms with Crippen molar-refractivity contribution >= 4 is 10.8 Å². The molecule has 0 bridgehead atoms. The maximum atomic E-state index is 12.9. The molecule has 0 aromatic heterocycles. The van der Waals surface area contributed by atoms with Crippen LogP contribution >= 0.6 is 0 Å². The molecular weight excluding hydrogens is 261 g/mol. The van der Waals surface area contributed by atoms with Crippen LogP contribution in [0, 0.1) is 11.7 Å². The minimum Gasteiger partial charge on any atom is -0.316 e. The van der Waals surface area contributed by atoms with Crippen molar-refractivity contribution in [2.75, 3.05) is 12.8 Å². The van der Waals surface area contributed by atoms with Crippen LogP contribution in [0.25, 0.3) is 0 Å². The topological polar surface area (TPSA) is 29.1 Å². The Kier molecular flexibility index (Phi) is 5.52. The van der Waals surface area contributed by atoms with Crippen LogP contribution < -0.4 is 5.32 Å². The fourth-order valence-electron chi connectivity index (χ4n) is 2.84. The monoisotopic (exact) mass is 283 g/mol. The van der Waals surface area contributed by atoms with Crippen molar-refractivity contribution < 1.29 is 8.60 Å². The highest BCUT2D eigenvalue weighted by Crippen LogP contribution is 2.27. The predicted octanol–water partition coefficient (Wildman–Crippen LogP) is 3.10. The molecule has 2 unspecified atom stereocenters. The summed E-state index contributed by atoms with van der Waals surface area (Å²) in [6.07, 6.45) is 6.35. The summed E-state index contributed by atoms with van der Waals surface area (Å²) in [6, 6.07) is 6.30. The lowest BCUT2D eigenvalue weighted by Crippen LogP contribution is -2.39. The second-order valence-electron chi connectivity index (χ2n) is 5.26. The van der Waals surface area contributed by atoms with E-state index >= 15 is 0 Å². The highest BCUT2D eigenvalue weighted by Gasteiger charge is 2.24. The number of halogens is 1. The van der Waals surface area contributed by atoms with E-state index in [0.717, 1.165) is 4.90 Å². The SMILES string of the molecule is CNC(CS(=O)c1ccc(F)cc1)C1CCCCC1. The highest BCUT2D eigenvalue weighted by molar-refractivity contribution is 7.85. The van der Waals surface area contributed by atoms with Gasteiger partial charge in [-0.25, -0.2) is 4.39 Å². The molecule has 0 aliphatic heterocycles. The number of rotatable bonds is 5. The molecule has 0 spiro atoms. The van der Waals surface area contributed by atoms with Gasteiger partial charge in [-0.1, -0.05) is 19.3 Å². The van der Waals surface area contributed by atoms with E-state index in [-0.39, 0.29) is 5.82 Å². The predicted molar refractivity (Wildman–Crippen MR) is 77.1 cm³/mol. The lowest BCUT2D eigenvalue weighted by Gasteiger charge is -2.29. The molecule has 0 radical (unpaired) electrons. The molecule has 1 aliphatic rings. The summed E-state index contributed by atoms with van der Waals surface area (Å²) in [5.74, 6) is 0.966. The summed E-state index contributed by atoms with van der Waals surface area (Å²) in [4.78, 5) is 0.720. The molecule has 4 heteroatoms. The molecule has 2 atom stereocenters. The van der Waals surface area contributed by atoms with Gasteiger partial charge in [0.2, 0.25) is 0 Å². The minimum absolute atomic E-state index is 0.279. The normalized spacial score (nSPS) is 20.1. The maximum Gasteiger partial charge on any atom is 0.123 e. The zero-order valence-corrected chi connectivity index (χ0v) is 12.2. The van der Waals surface area contributed by atoms with E-state index in [1.165, 1.54) is 44.2 Å². The molecule has 1 fully saturated rings. The van der Waals surface area contributed by atoms with Crippen LogP contribution in [-0.2, 0) is 10.8 Å². The van der Waals surface area contributed by atoms with E-state index < -0.39 is 10.8 Å². The quantitative estimate of drug-likeness (QED) is 0.899. The van der Waals surface area contributed by atoms with Crippen molar-refractivity contribution in [2.24, 2.45) is 5.92 Å². The molecule has 0 saturated heterocycles. The Hall–Kier alpha value is -0.740. The molecule has 0 amide bonds. The smallest absolute Gasteiger partial charge is 0.123 e. The summed E-state index contributed by atoms with van der Waals surface area (Å²) in [5, 5.41) is 3.32. The van der Waals surface area contributed by atoms with Gasteiger partial charge in [-0.2, -0.15) is 0 Å². The van der Waals surface area contributed by atoms with Gasteiger partial charge in [0, 0.05) is 16.7 Å². The maximum absolute atomic E-state index is 12.9. The molecule has 0 heterocycles. The van der Waals surface area contributed by atoms with Crippen LogP contribution in [0.15, 0.2) is 29.2 Å². The Bertz CT molecular complexity index is 415. The standard InChI is InChI=1S/C15H22FNOS/c1-17-15(12-5-3-2-4-6-12)11-19(18)14-9-7-13(16)8-10-14/h7-10,12,15,17H,2-6,11H2,1H3. The zero-order chi connectivity index (χ0) is 13.7. The van der Waals surface area contributed by atoms with Crippen LogP contribution in [0.2, 0.25) is 0 Å². The molecule has 1 N–H and O–H groups in total. The van der Waals surface area contributed by atoms with E-state index in [9.17, 15) is 8.60 Å². The summed E-state index contributed by atoms with van der Waals surface area (Å²) in [7, 11) is 0.893. The average Bonchev–Trinajstić information content (AvgIpc) is 2.46. The van der Waals surface area contributed by atoms with Crippen LogP contribution in [0.1, 0.15) is 32.1 Å². The van der Waals surface area contributed by atoms with E-state index in [2.05, 4.69) is 5.32 Å². The number of benzene rings is 1. The van der Waals surface area contributed by atoms with Crippen LogP contribution in [-0.4, -0.2) is 23.1 Å². The summed E-state index contributed by atoms with van der Waals surface area (Å²) in [6.45, 7) is 0. The number of hydrogen-bond donors (Lipinski definition) is 1. The molecule has 1 saturated carbocycles. The van der Waals surface area contributed by atoms with Crippen molar-refractivity contribution in [3.63, 3.8) is 0 Å². The third-order valence-corrected chi connectivity index (χ3v) is 5.46. The average molecular weight is 283 g/mol. The highest BCUT2D eigenvalue weighted by atomic mass is 32.2. The van der Waals surface area contributed by atoms with Crippen molar-refractivity contribution in [1.29, 1.82) is 0 Å². The fourth-order valence-corrected chi connectivity index (χ4v) is 4.23. The Balaban J connectivity index is 1.97. The van der Waals surface area contributed by atoms with Crippen molar-refractivity contribution in [3.8, 4) is 0 Å². The van der Waals surface area contributed by atoms with Gasteiger partial charge in [0.15, 0.2) is 0 Å². The van der Waals surface area contributed by atoms with Gasteiger partial charge in [0.05, 0.1) is 10.8 Å². The minimum atomic E-state index is -1.05. The first-order valence-electron chi connectivity index (χ1n) is 7.02. The molecule has 1 aromatic carbocycles. The third-order valence-electron chi connectivity index (χ3n) is 4.00. The summed E-state index contributed by atoms with van der Waals surface area (Å²) >= 11 is 0. The van der Waals surface area contributed by atoms with Gasteiger partial charge in [-0.15, -0.1) is 0 Å². The van der Waals surface area contributed by atoms with Crippen molar-refractivity contribution in [2.45, 2.75) is 43.0 Å². The second-order valence-corrected chi connectivity index (χ2v) is 6.76. The first-order valence-corrected chi connectivity index (χ1v) is 8.34. The first kappa shape index (κ1) is 14.7. The molecule has 1 aromatic rings. The van der Waals surface area contributed by atoms with Crippen LogP contribution in [0.4, 0.5) is 4.39 Å². The van der Waals surface area contributed by atoms with Crippen molar-refractivity contribution in [3.05, 3.63) is 30.1 Å². The van der Waals surface area contributed by atoms with E-state index in [0.29, 0.717) is 17.7 Å². The van der Waals surface area contributed by atoms with Crippen molar-refractivity contribution in [1.82, 2.24) is 5.32 Å². The summed E-state index contributed by atoms with van der Waals surface area (Å²) in [5.41, 5.74) is 0. The lowest BCUT2D eigenvalue weighted by molar-refractivity contribution is 0.294. The largest absolute Gasteiger partial charge is 0.316 e. The van der Waals surface area contributed by atoms with Gasteiger partial charge in [0.1, 0.15) is 5.82 Å². The summed E-state index contributed by atoms with van der Waals surface area (Å²) < 4.78 is 25.2. The Labute approximate surface area is 117 Å². The second kappa shape index (κ2) is 7.15. The molecule has 2 nitrogen and oxygen atoms in total. The van der Waals surface area contributed by atoms with Gasteiger partial charge < -0.3 is 5.32 Å². The van der Waals surface area contributed by atoms with E-state index in [1.54, 1.807) is 12.1 Å². The molecule has 2 rings (SSSR count). The third kappa shape index (κ3) is 4.11. The first-order chi connectivity index (χ1) is 9.20. The molecule has 1 aliphatic carbocycles. The molecular formula is C15H22FNOS. The number of hydrogen-bond acceptors (Lipinski definition) is 2. The lowest BCUT2D eigenvalue weighted by atomic mass is 9.84. The van der Waals surface area contributed by atoms with Gasteiger partial charge in [-0.3, -0.25) is 4.21 Å². The van der Waals surface area contributed by atoms with Gasteiger partial charge in [0.25, 0.3) is 0 Å². The fraction of sp³-hybridized carbons (Fsp3) is 0.600. The van der Waals surface area contributed by atoms with Crippen LogP contribution in [0.3, 0.4) is 0 Å². The van der Waals surface area contributed by atoms with Crippen LogP contribution in [0.5, 0.6) is 0 Å². The number of nitrogens with one attached hydrogen (secondary N) is 1. The molecule has 106 valence electrons. The Morgan fingerprint density at radius 3 is 2.47 bits per heavy atom. The Morgan fingerprint density at radius 1 is 1.26 bits per heavy atom. The molecule has 19 heavy (non-hydrogen) atoms.